The predicted molar refractivity (Wildman–Crippen MR) is 132 cm³/mol. The quantitative estimate of drug-likeness (QED) is 0.330. The fourth-order valence-electron chi connectivity index (χ4n) is 3.29. The Bertz CT molecular complexity index is 1280. The van der Waals surface area contributed by atoms with Crippen LogP contribution in [0.3, 0.4) is 0 Å². The number of hydrogen-bond donors (Lipinski definition) is 2. The van der Waals surface area contributed by atoms with Gasteiger partial charge in [-0.3, -0.25) is 9.59 Å². The molecule has 2 N–H and O–H groups in total. The van der Waals surface area contributed by atoms with Crippen molar-refractivity contribution in [2.24, 2.45) is 0 Å². The zero-order chi connectivity index (χ0) is 23.9. The second-order valence-corrected chi connectivity index (χ2v) is 7.49. The number of hydrogen-bond acceptors (Lipinski definition) is 2. The van der Waals surface area contributed by atoms with Gasteiger partial charge in [-0.2, -0.15) is 0 Å². The van der Waals surface area contributed by atoms with E-state index in [-0.39, 0.29) is 11.6 Å². The van der Waals surface area contributed by atoms with Crippen LogP contribution in [0.5, 0.6) is 0 Å². The third-order valence-electron chi connectivity index (χ3n) is 5.00. The molecule has 4 aromatic carbocycles. The Kier molecular flexibility index (Phi) is 6.89. The molecular formula is C28H20F2N2O2. The van der Waals surface area contributed by atoms with Gasteiger partial charge in [0, 0.05) is 12.2 Å². The molecule has 0 atom stereocenters. The maximum Gasteiger partial charge on any atom is 0.248 e. The summed E-state index contributed by atoms with van der Waals surface area (Å²) in [4.78, 5) is 25.1. The monoisotopic (exact) mass is 454 g/mol. The summed E-state index contributed by atoms with van der Waals surface area (Å²) >= 11 is 0. The molecule has 2 amide bonds. The Morgan fingerprint density at radius 2 is 0.971 bits per heavy atom. The number of rotatable bonds is 6. The first-order chi connectivity index (χ1) is 16.5. The first kappa shape index (κ1) is 22.6. The van der Waals surface area contributed by atoms with Crippen molar-refractivity contribution in [2.45, 2.75) is 0 Å². The van der Waals surface area contributed by atoms with Crippen LogP contribution in [-0.4, -0.2) is 11.8 Å². The van der Waals surface area contributed by atoms with Gasteiger partial charge in [0.15, 0.2) is 0 Å². The molecule has 0 unspecified atom stereocenters. The van der Waals surface area contributed by atoms with Crippen LogP contribution in [0.4, 0.5) is 20.2 Å². The Labute approximate surface area is 195 Å². The van der Waals surface area contributed by atoms with E-state index in [9.17, 15) is 18.4 Å². The molecule has 0 aliphatic carbocycles. The average molecular weight is 454 g/mol. The molecule has 0 fully saturated rings. The summed E-state index contributed by atoms with van der Waals surface area (Å²) in [6, 6.07) is 22.6. The van der Waals surface area contributed by atoms with Gasteiger partial charge in [0.25, 0.3) is 0 Å². The zero-order valence-corrected chi connectivity index (χ0v) is 18.0. The van der Waals surface area contributed by atoms with Crippen LogP contribution in [0.2, 0.25) is 0 Å². The maximum absolute atomic E-state index is 13.1. The van der Waals surface area contributed by atoms with Crippen molar-refractivity contribution in [2.75, 3.05) is 10.6 Å². The molecule has 4 rings (SSSR count). The third kappa shape index (κ3) is 6.01. The summed E-state index contributed by atoms with van der Waals surface area (Å²) < 4.78 is 26.1. The fraction of sp³-hybridized carbons (Fsp3) is 0. The minimum Gasteiger partial charge on any atom is -0.321 e. The smallest absolute Gasteiger partial charge is 0.248 e. The van der Waals surface area contributed by atoms with Crippen LogP contribution in [-0.2, 0) is 9.59 Å². The number of anilines is 2. The molecule has 0 aliphatic rings. The predicted octanol–water partition coefficient (Wildman–Crippen LogP) is 6.42. The molecule has 0 saturated carbocycles. The molecule has 34 heavy (non-hydrogen) atoms. The minimum atomic E-state index is -0.406. The highest BCUT2D eigenvalue weighted by Gasteiger charge is 2.10. The van der Waals surface area contributed by atoms with Crippen molar-refractivity contribution in [3.63, 3.8) is 0 Å². The highest BCUT2D eigenvalue weighted by molar-refractivity contribution is 6.10. The van der Waals surface area contributed by atoms with Crippen molar-refractivity contribution in [1.29, 1.82) is 0 Å². The van der Waals surface area contributed by atoms with Crippen molar-refractivity contribution in [3.05, 3.63) is 120 Å². The van der Waals surface area contributed by atoms with Gasteiger partial charge in [0.05, 0.1) is 11.4 Å². The van der Waals surface area contributed by atoms with Gasteiger partial charge in [-0.25, -0.2) is 8.78 Å². The van der Waals surface area contributed by atoms with E-state index in [1.807, 2.05) is 24.3 Å². The van der Waals surface area contributed by atoms with Crippen molar-refractivity contribution in [3.8, 4) is 0 Å². The fourth-order valence-corrected chi connectivity index (χ4v) is 3.29. The molecule has 0 aliphatic heterocycles. The van der Waals surface area contributed by atoms with Crippen molar-refractivity contribution < 1.29 is 18.4 Å². The second kappa shape index (κ2) is 10.4. The third-order valence-corrected chi connectivity index (χ3v) is 5.00. The summed E-state index contributed by atoms with van der Waals surface area (Å²) in [6.45, 7) is 0. The van der Waals surface area contributed by atoms with Crippen LogP contribution < -0.4 is 10.6 Å². The molecule has 168 valence electrons. The summed E-state index contributed by atoms with van der Waals surface area (Å²) in [5.74, 6) is -1.52. The van der Waals surface area contributed by atoms with E-state index < -0.39 is 11.8 Å². The molecule has 0 heterocycles. The first-order valence-corrected chi connectivity index (χ1v) is 10.5. The van der Waals surface area contributed by atoms with Crippen LogP contribution in [0.1, 0.15) is 11.1 Å². The molecule has 4 nitrogen and oxygen atoms in total. The normalized spacial score (nSPS) is 11.2. The molecule has 0 saturated heterocycles. The van der Waals surface area contributed by atoms with E-state index in [1.165, 1.54) is 36.4 Å². The molecule has 4 aromatic rings. The highest BCUT2D eigenvalue weighted by atomic mass is 19.1. The van der Waals surface area contributed by atoms with E-state index in [0.717, 1.165) is 10.8 Å². The Hall–Kier alpha value is -4.58. The van der Waals surface area contributed by atoms with Gasteiger partial charge in [0.2, 0.25) is 11.8 Å². The van der Waals surface area contributed by atoms with E-state index in [1.54, 1.807) is 48.6 Å². The van der Waals surface area contributed by atoms with Crippen molar-refractivity contribution >= 4 is 46.1 Å². The summed E-state index contributed by atoms with van der Waals surface area (Å²) in [6.07, 6.45) is 5.81. The molecule has 0 radical (unpaired) electrons. The lowest BCUT2D eigenvalue weighted by Gasteiger charge is -2.12. The highest BCUT2D eigenvalue weighted by Crippen LogP contribution is 2.29. The Morgan fingerprint density at radius 1 is 0.588 bits per heavy atom. The number of benzene rings is 4. The summed E-state index contributed by atoms with van der Waals surface area (Å²) in [7, 11) is 0. The van der Waals surface area contributed by atoms with Crippen LogP contribution in [0.15, 0.2) is 97.1 Å². The number of carbonyl (C=O) groups is 2. The number of nitrogens with one attached hydrogen (secondary N) is 2. The van der Waals surface area contributed by atoms with E-state index in [4.69, 9.17) is 0 Å². The average Bonchev–Trinajstić information content (AvgIpc) is 2.84. The lowest BCUT2D eigenvalue weighted by atomic mass is 10.1. The SMILES string of the molecule is O=C(/C=C/c1ccc(F)cc1)Nc1cc2ccccc2cc1NC(=O)/C=C/c1ccc(F)cc1. The summed E-state index contributed by atoms with van der Waals surface area (Å²) in [5, 5.41) is 7.36. The maximum atomic E-state index is 13.1. The van der Waals surface area contributed by atoms with Gasteiger partial charge >= 0.3 is 0 Å². The van der Waals surface area contributed by atoms with Crippen LogP contribution >= 0.6 is 0 Å². The minimum absolute atomic E-state index is 0.355. The molecule has 0 aromatic heterocycles. The van der Waals surface area contributed by atoms with Crippen molar-refractivity contribution in [1.82, 2.24) is 0 Å². The summed E-state index contributed by atoms with van der Waals surface area (Å²) in [5.41, 5.74) is 2.20. The van der Waals surface area contributed by atoms with Gasteiger partial charge in [0.1, 0.15) is 11.6 Å². The standard InChI is InChI=1S/C28H20F2N2O2/c29-23-11-5-19(6-12-23)9-15-27(33)31-25-17-21-3-1-2-4-22(21)18-26(25)32-28(34)16-10-20-7-13-24(30)14-8-20/h1-18H,(H,31,33)(H,32,34)/b15-9+,16-10+. The lowest BCUT2D eigenvalue weighted by Crippen LogP contribution is -2.13. The molecular weight excluding hydrogens is 434 g/mol. The van der Waals surface area contributed by atoms with Crippen LogP contribution in [0, 0.1) is 11.6 Å². The Morgan fingerprint density at radius 3 is 1.35 bits per heavy atom. The zero-order valence-electron chi connectivity index (χ0n) is 18.0. The van der Waals surface area contributed by atoms with E-state index >= 15 is 0 Å². The number of halogens is 2. The lowest BCUT2D eigenvalue weighted by molar-refractivity contribution is -0.112. The number of carbonyl (C=O) groups excluding carboxylic acids is 2. The second-order valence-electron chi connectivity index (χ2n) is 7.49. The molecule has 0 bridgehead atoms. The van der Waals surface area contributed by atoms with Crippen LogP contribution in [0.25, 0.3) is 22.9 Å². The molecule has 0 spiro atoms. The first-order valence-electron chi connectivity index (χ1n) is 10.5. The van der Waals surface area contributed by atoms with E-state index in [0.29, 0.717) is 22.5 Å². The van der Waals surface area contributed by atoms with Gasteiger partial charge in [-0.05, 0) is 70.4 Å². The Balaban J connectivity index is 1.54. The number of amides is 2. The molecule has 6 heteroatoms. The topological polar surface area (TPSA) is 58.2 Å². The van der Waals surface area contributed by atoms with Gasteiger partial charge < -0.3 is 10.6 Å². The number of fused-ring (bicyclic) bond motifs is 1. The largest absolute Gasteiger partial charge is 0.321 e. The van der Waals surface area contributed by atoms with E-state index in [2.05, 4.69) is 10.6 Å². The van der Waals surface area contributed by atoms with Gasteiger partial charge in [-0.15, -0.1) is 0 Å². The van der Waals surface area contributed by atoms with Gasteiger partial charge in [-0.1, -0.05) is 48.5 Å².